The molecule has 0 heterocycles. The summed E-state index contributed by atoms with van der Waals surface area (Å²) in [6.45, 7) is 6.43. The number of aliphatic hydroxyl groups is 2. The van der Waals surface area contributed by atoms with Gasteiger partial charge in [-0.2, -0.15) is 0 Å². The van der Waals surface area contributed by atoms with Crippen LogP contribution in [0.15, 0.2) is 60.8 Å². The Balaban J connectivity index is 4.59. The number of unbranched alkanes of at least 4 members (excludes halogenated alkanes) is 28. The molecular weight excluding hydrogens is 803 g/mol. The highest BCUT2D eigenvalue weighted by Crippen LogP contribution is 2.18. The third-order valence-corrected chi connectivity index (χ3v) is 12.6. The Morgan fingerprint density at radius 2 is 0.785 bits per heavy atom. The van der Waals surface area contributed by atoms with E-state index >= 15 is 0 Å². The van der Waals surface area contributed by atoms with Crippen molar-refractivity contribution in [3.8, 4) is 0 Å². The molecule has 0 saturated heterocycles. The van der Waals surface area contributed by atoms with Gasteiger partial charge in [0.15, 0.2) is 0 Å². The summed E-state index contributed by atoms with van der Waals surface area (Å²) in [6.07, 6.45) is 65.7. The van der Waals surface area contributed by atoms with Crippen molar-refractivity contribution < 1.29 is 24.5 Å². The van der Waals surface area contributed by atoms with Crippen LogP contribution in [0.3, 0.4) is 0 Å². The lowest BCUT2D eigenvalue weighted by atomic mass is 10.0. The van der Waals surface area contributed by atoms with E-state index in [1.165, 1.54) is 141 Å². The fourth-order valence-electron chi connectivity index (χ4n) is 8.29. The molecule has 0 radical (unpaired) electrons. The highest BCUT2D eigenvalue weighted by molar-refractivity contribution is 5.77. The van der Waals surface area contributed by atoms with Gasteiger partial charge < -0.3 is 20.3 Å². The van der Waals surface area contributed by atoms with Crippen molar-refractivity contribution in [1.82, 2.24) is 5.32 Å². The molecule has 0 spiro atoms. The number of carbonyl (C=O) groups excluding carboxylic acids is 2. The average Bonchev–Trinajstić information content (AvgIpc) is 3.30. The minimum atomic E-state index is -0.795. The van der Waals surface area contributed by atoms with E-state index in [9.17, 15) is 19.8 Å². The third-order valence-electron chi connectivity index (χ3n) is 12.6. The van der Waals surface area contributed by atoms with E-state index in [0.717, 1.165) is 89.9 Å². The molecule has 1 amide bonds. The highest BCUT2D eigenvalue weighted by atomic mass is 16.5. The molecule has 0 aromatic carbocycles. The SMILES string of the molecule is CCCCC/C=C\C/C=C\C/C=C\CCCCCCC(CC(=O)NC(CO)C(O)CCCCCCCCCCCC)OC(=O)CCCCCCCCCCC/C=C\C/C=C\CCCCC. The molecule has 0 rings (SSSR count). The van der Waals surface area contributed by atoms with Gasteiger partial charge in [0, 0.05) is 6.42 Å². The van der Waals surface area contributed by atoms with Crippen LogP contribution in [0.2, 0.25) is 0 Å². The maximum absolute atomic E-state index is 13.2. The van der Waals surface area contributed by atoms with Crippen molar-refractivity contribution in [2.24, 2.45) is 0 Å². The monoisotopic (exact) mass is 910 g/mol. The highest BCUT2D eigenvalue weighted by Gasteiger charge is 2.24. The van der Waals surface area contributed by atoms with Gasteiger partial charge in [-0.05, 0) is 96.3 Å². The lowest BCUT2D eigenvalue weighted by molar-refractivity contribution is -0.151. The van der Waals surface area contributed by atoms with Crippen molar-refractivity contribution >= 4 is 11.9 Å². The first kappa shape index (κ1) is 62.6. The van der Waals surface area contributed by atoms with Crippen molar-refractivity contribution in [3.63, 3.8) is 0 Å². The number of carbonyl (C=O) groups is 2. The first-order chi connectivity index (χ1) is 32.0. The van der Waals surface area contributed by atoms with Gasteiger partial charge >= 0.3 is 5.97 Å². The molecule has 6 heteroatoms. The molecule has 0 aromatic rings. The largest absolute Gasteiger partial charge is 0.462 e. The molecule has 6 nitrogen and oxygen atoms in total. The number of amides is 1. The fraction of sp³-hybridized carbons (Fsp3) is 0.797. The van der Waals surface area contributed by atoms with Gasteiger partial charge in [0.2, 0.25) is 5.91 Å². The van der Waals surface area contributed by atoms with Gasteiger partial charge in [0.1, 0.15) is 6.10 Å². The Morgan fingerprint density at radius 1 is 0.446 bits per heavy atom. The molecule has 0 aliphatic rings. The zero-order valence-corrected chi connectivity index (χ0v) is 43.1. The zero-order valence-electron chi connectivity index (χ0n) is 43.1. The Morgan fingerprint density at radius 3 is 1.22 bits per heavy atom. The van der Waals surface area contributed by atoms with Crippen LogP contribution in [-0.2, 0) is 14.3 Å². The number of aliphatic hydroxyl groups excluding tert-OH is 2. The van der Waals surface area contributed by atoms with E-state index in [1.807, 2.05) is 0 Å². The van der Waals surface area contributed by atoms with Crippen molar-refractivity contribution in [1.29, 1.82) is 0 Å². The Hall–Kier alpha value is -2.44. The first-order valence-corrected chi connectivity index (χ1v) is 28.0. The zero-order chi connectivity index (χ0) is 47.4. The lowest BCUT2D eigenvalue weighted by Crippen LogP contribution is -2.46. The molecule has 65 heavy (non-hydrogen) atoms. The summed E-state index contributed by atoms with van der Waals surface area (Å²) in [7, 11) is 0. The van der Waals surface area contributed by atoms with E-state index in [0.29, 0.717) is 19.3 Å². The predicted molar refractivity (Wildman–Crippen MR) is 282 cm³/mol. The molecule has 0 aliphatic heterocycles. The van der Waals surface area contributed by atoms with Gasteiger partial charge in [-0.25, -0.2) is 0 Å². The Bertz CT molecular complexity index is 1160. The molecule has 3 atom stereocenters. The topological polar surface area (TPSA) is 95.9 Å². The van der Waals surface area contributed by atoms with Crippen LogP contribution < -0.4 is 5.32 Å². The quantitative estimate of drug-likeness (QED) is 0.0321. The van der Waals surface area contributed by atoms with Crippen LogP contribution in [-0.4, -0.2) is 46.9 Å². The summed E-state index contributed by atoms with van der Waals surface area (Å²) in [6, 6.07) is -0.710. The third kappa shape index (κ3) is 47.8. The summed E-state index contributed by atoms with van der Waals surface area (Å²) in [4.78, 5) is 26.2. The predicted octanol–water partition coefficient (Wildman–Crippen LogP) is 17.2. The minimum absolute atomic E-state index is 0.0605. The maximum atomic E-state index is 13.2. The van der Waals surface area contributed by atoms with Gasteiger partial charge in [-0.3, -0.25) is 9.59 Å². The Kier molecular flexibility index (Phi) is 50.6. The van der Waals surface area contributed by atoms with Gasteiger partial charge in [0.25, 0.3) is 0 Å². The second-order valence-corrected chi connectivity index (χ2v) is 19.0. The van der Waals surface area contributed by atoms with Crippen molar-refractivity contribution in [3.05, 3.63) is 60.8 Å². The molecule has 0 saturated carbocycles. The number of ether oxygens (including phenoxy) is 1. The molecule has 0 aliphatic carbocycles. The van der Waals surface area contributed by atoms with Gasteiger partial charge in [-0.15, -0.1) is 0 Å². The smallest absolute Gasteiger partial charge is 0.306 e. The van der Waals surface area contributed by atoms with Crippen molar-refractivity contribution in [2.75, 3.05) is 6.61 Å². The van der Waals surface area contributed by atoms with Crippen LogP contribution in [0.4, 0.5) is 0 Å². The van der Waals surface area contributed by atoms with Crippen LogP contribution >= 0.6 is 0 Å². The van der Waals surface area contributed by atoms with E-state index in [-0.39, 0.29) is 24.9 Å². The standard InChI is InChI=1S/C59H107NO5/c1-4-7-10-13-16-19-22-24-26-28-29-31-33-35-37-40-43-46-49-52-59(64)65-55(50-47-44-41-38-36-34-32-30-27-25-23-20-17-14-11-8-5-2)53-58(63)60-56(54-61)57(62)51-48-45-42-39-21-18-15-12-9-6-3/h16-17,19-20,24-27,32,34,55-57,61-62H,4-15,18,21-23,28-31,33,35-54H2,1-3H3,(H,60,63)/b19-16-,20-17-,26-24-,27-25-,34-32-. The maximum Gasteiger partial charge on any atom is 0.306 e. The second-order valence-electron chi connectivity index (χ2n) is 19.0. The van der Waals surface area contributed by atoms with Crippen LogP contribution in [0.25, 0.3) is 0 Å². The molecule has 3 N–H and O–H groups in total. The van der Waals surface area contributed by atoms with E-state index in [2.05, 4.69) is 86.8 Å². The molecule has 0 bridgehead atoms. The van der Waals surface area contributed by atoms with Gasteiger partial charge in [0.05, 0.1) is 25.2 Å². The van der Waals surface area contributed by atoms with E-state index in [1.54, 1.807) is 0 Å². The summed E-state index contributed by atoms with van der Waals surface area (Å²) in [5.74, 6) is -0.495. The summed E-state index contributed by atoms with van der Waals surface area (Å²) >= 11 is 0. The lowest BCUT2D eigenvalue weighted by Gasteiger charge is -2.24. The first-order valence-electron chi connectivity index (χ1n) is 28.0. The molecular formula is C59H107NO5. The molecule has 378 valence electrons. The number of rotatable bonds is 50. The summed E-state index contributed by atoms with van der Waals surface area (Å²) in [5, 5.41) is 23.8. The Labute approximate surface area is 403 Å². The molecule has 0 aromatic heterocycles. The average molecular weight is 911 g/mol. The van der Waals surface area contributed by atoms with Gasteiger partial charge in [-0.1, -0.05) is 229 Å². The van der Waals surface area contributed by atoms with Crippen molar-refractivity contribution in [2.45, 2.75) is 296 Å². The minimum Gasteiger partial charge on any atom is -0.462 e. The van der Waals surface area contributed by atoms with E-state index in [4.69, 9.17) is 4.74 Å². The fourth-order valence-corrected chi connectivity index (χ4v) is 8.29. The summed E-state index contributed by atoms with van der Waals surface area (Å²) < 4.78 is 5.95. The van der Waals surface area contributed by atoms with E-state index < -0.39 is 18.2 Å². The number of esters is 1. The number of allylic oxidation sites excluding steroid dienone is 10. The normalized spacial score (nSPS) is 13.6. The molecule has 3 unspecified atom stereocenters. The van der Waals surface area contributed by atoms with Crippen LogP contribution in [0.5, 0.6) is 0 Å². The number of hydrogen-bond donors (Lipinski definition) is 3. The molecule has 0 fully saturated rings. The summed E-state index contributed by atoms with van der Waals surface area (Å²) in [5.41, 5.74) is 0. The van der Waals surface area contributed by atoms with Crippen LogP contribution in [0.1, 0.15) is 278 Å². The number of hydrogen-bond acceptors (Lipinski definition) is 5. The second kappa shape index (κ2) is 52.5. The van der Waals surface area contributed by atoms with Crippen LogP contribution in [0, 0.1) is 0 Å². The number of nitrogens with one attached hydrogen (secondary N) is 1.